The molecule has 0 aliphatic rings. The summed E-state index contributed by atoms with van der Waals surface area (Å²) in [6.07, 6.45) is 0. The first-order valence-corrected chi connectivity index (χ1v) is 6.33. The van der Waals surface area contributed by atoms with E-state index < -0.39 is 5.97 Å². The number of nitrogens with zero attached hydrogens (tertiary/aromatic N) is 1. The fourth-order valence-electron chi connectivity index (χ4n) is 1.77. The molecule has 3 rings (SSSR count). The first-order valence-electron chi connectivity index (χ1n) is 5.45. The van der Waals surface area contributed by atoms with Gasteiger partial charge in [-0.3, -0.25) is 0 Å². The average Bonchev–Trinajstić information content (AvgIpc) is 3.03. The Kier molecular flexibility index (Phi) is 2.72. The van der Waals surface area contributed by atoms with Crippen molar-refractivity contribution < 1.29 is 19.1 Å². The van der Waals surface area contributed by atoms with Gasteiger partial charge in [0.05, 0.1) is 12.7 Å². The van der Waals surface area contributed by atoms with Gasteiger partial charge in [-0.25, -0.2) is 9.78 Å². The third kappa shape index (κ3) is 1.96. The molecule has 19 heavy (non-hydrogen) atoms. The Morgan fingerprint density at radius 3 is 3.00 bits per heavy atom. The van der Waals surface area contributed by atoms with Crippen LogP contribution in [0.1, 0.15) is 10.4 Å². The Morgan fingerprint density at radius 2 is 2.26 bits per heavy atom. The number of aromatic nitrogens is 1. The smallest absolute Gasteiger partial charge is 0.335 e. The van der Waals surface area contributed by atoms with E-state index in [4.69, 9.17) is 14.3 Å². The van der Waals surface area contributed by atoms with Crippen LogP contribution in [0.5, 0.6) is 5.75 Å². The van der Waals surface area contributed by atoms with E-state index in [-0.39, 0.29) is 5.56 Å². The summed E-state index contributed by atoms with van der Waals surface area (Å²) >= 11 is 1.46. The molecule has 0 atom stereocenters. The van der Waals surface area contributed by atoms with Gasteiger partial charge in [0.1, 0.15) is 16.1 Å². The molecule has 0 fully saturated rings. The summed E-state index contributed by atoms with van der Waals surface area (Å²) in [7, 11) is 1.58. The number of carboxylic acids is 1. The normalized spacial score (nSPS) is 10.8. The highest BCUT2D eigenvalue weighted by Crippen LogP contribution is 2.36. The van der Waals surface area contributed by atoms with Gasteiger partial charge in [-0.1, -0.05) is 0 Å². The highest BCUT2D eigenvalue weighted by molar-refractivity contribution is 7.13. The molecule has 0 saturated carbocycles. The van der Waals surface area contributed by atoms with Crippen LogP contribution in [0.4, 0.5) is 0 Å². The van der Waals surface area contributed by atoms with Crippen LogP contribution in [0, 0.1) is 0 Å². The molecule has 0 spiro atoms. The van der Waals surface area contributed by atoms with Crippen LogP contribution >= 0.6 is 11.3 Å². The summed E-state index contributed by atoms with van der Waals surface area (Å²) in [4.78, 5) is 16.0. The third-order valence-corrected chi connectivity index (χ3v) is 3.56. The zero-order valence-corrected chi connectivity index (χ0v) is 10.7. The number of fused-ring (bicyclic) bond motifs is 1. The summed E-state index contributed by atoms with van der Waals surface area (Å²) in [6.45, 7) is 0. The lowest BCUT2D eigenvalue weighted by molar-refractivity contribution is 0.0697. The van der Waals surface area contributed by atoms with E-state index in [2.05, 4.69) is 4.98 Å². The van der Waals surface area contributed by atoms with E-state index in [0.29, 0.717) is 22.7 Å². The fourth-order valence-corrected chi connectivity index (χ4v) is 2.55. The van der Waals surface area contributed by atoms with Crippen molar-refractivity contribution in [3.8, 4) is 16.5 Å². The van der Waals surface area contributed by atoms with Crippen molar-refractivity contribution in [1.82, 2.24) is 4.98 Å². The molecular formula is C13H9NO4S. The maximum absolute atomic E-state index is 10.9. The predicted octanol–water partition coefficient (Wildman–Crippen LogP) is 3.26. The maximum atomic E-state index is 10.9. The quantitative estimate of drug-likeness (QED) is 0.794. The van der Waals surface area contributed by atoms with Crippen LogP contribution in [0.15, 0.2) is 34.1 Å². The van der Waals surface area contributed by atoms with E-state index >= 15 is 0 Å². The van der Waals surface area contributed by atoms with Gasteiger partial charge in [-0.05, 0) is 29.6 Å². The van der Waals surface area contributed by atoms with E-state index in [1.807, 2.05) is 11.4 Å². The predicted molar refractivity (Wildman–Crippen MR) is 70.8 cm³/mol. The highest BCUT2D eigenvalue weighted by Gasteiger charge is 2.15. The first-order chi connectivity index (χ1) is 9.19. The molecule has 3 aromatic rings. The van der Waals surface area contributed by atoms with Gasteiger partial charge in [0, 0.05) is 0 Å². The van der Waals surface area contributed by atoms with Crippen molar-refractivity contribution in [3.63, 3.8) is 0 Å². The van der Waals surface area contributed by atoms with Gasteiger partial charge >= 0.3 is 5.97 Å². The molecule has 0 amide bonds. The molecule has 1 N–H and O–H groups in total. The van der Waals surface area contributed by atoms with E-state index in [1.165, 1.54) is 23.5 Å². The monoisotopic (exact) mass is 275 g/mol. The van der Waals surface area contributed by atoms with Gasteiger partial charge in [-0.15, -0.1) is 11.3 Å². The number of carboxylic acid groups (broad SMARTS) is 1. The van der Waals surface area contributed by atoms with Crippen LogP contribution in [-0.2, 0) is 0 Å². The first kappa shape index (κ1) is 11.7. The number of oxazole rings is 1. The van der Waals surface area contributed by atoms with E-state index in [1.54, 1.807) is 13.2 Å². The Morgan fingerprint density at radius 1 is 1.42 bits per heavy atom. The zero-order chi connectivity index (χ0) is 13.4. The van der Waals surface area contributed by atoms with Crippen LogP contribution < -0.4 is 4.74 Å². The summed E-state index contributed by atoms with van der Waals surface area (Å²) in [5, 5.41) is 10.8. The topological polar surface area (TPSA) is 72.6 Å². The standard InChI is InChI=1S/C13H9NO4S/c1-17-9-4-5-19-11(9)12-14-8-3-2-7(13(15)16)6-10(8)18-12/h2-6H,1H3,(H,15,16). The van der Waals surface area contributed by atoms with Crippen molar-refractivity contribution >= 4 is 28.4 Å². The molecule has 1 aromatic carbocycles. The lowest BCUT2D eigenvalue weighted by Crippen LogP contribution is -1.94. The molecule has 0 aliphatic carbocycles. The Bertz CT molecular complexity index is 759. The number of ether oxygens (including phenoxy) is 1. The molecule has 0 radical (unpaired) electrons. The molecular weight excluding hydrogens is 266 g/mol. The van der Waals surface area contributed by atoms with Crippen molar-refractivity contribution in [1.29, 1.82) is 0 Å². The number of thiophene rings is 1. The van der Waals surface area contributed by atoms with Gasteiger partial charge in [0.15, 0.2) is 5.58 Å². The zero-order valence-electron chi connectivity index (χ0n) is 9.91. The Hall–Kier alpha value is -2.34. The van der Waals surface area contributed by atoms with Crippen LogP contribution in [0.3, 0.4) is 0 Å². The second-order valence-corrected chi connectivity index (χ2v) is 4.74. The number of methoxy groups -OCH3 is 1. The van der Waals surface area contributed by atoms with E-state index in [0.717, 1.165) is 4.88 Å². The van der Waals surface area contributed by atoms with Crippen LogP contribution in [0.25, 0.3) is 21.9 Å². The second kappa shape index (κ2) is 4.40. The van der Waals surface area contributed by atoms with Crippen molar-refractivity contribution in [2.75, 3.05) is 7.11 Å². The minimum absolute atomic E-state index is 0.174. The molecule has 0 aliphatic heterocycles. The highest BCUT2D eigenvalue weighted by atomic mass is 32.1. The number of benzene rings is 1. The Labute approximate surface area is 112 Å². The third-order valence-electron chi connectivity index (χ3n) is 2.68. The molecule has 0 bridgehead atoms. The SMILES string of the molecule is COc1ccsc1-c1nc2ccc(C(=O)O)cc2o1. The number of rotatable bonds is 3. The molecule has 0 saturated heterocycles. The molecule has 2 aromatic heterocycles. The van der Waals surface area contributed by atoms with Gasteiger partial charge in [0.2, 0.25) is 5.89 Å². The molecule has 5 nitrogen and oxygen atoms in total. The summed E-state index contributed by atoms with van der Waals surface area (Å²) < 4.78 is 10.8. The second-order valence-electron chi connectivity index (χ2n) is 3.82. The van der Waals surface area contributed by atoms with Crippen molar-refractivity contribution in [2.45, 2.75) is 0 Å². The Balaban J connectivity index is 2.14. The lowest BCUT2D eigenvalue weighted by atomic mass is 10.2. The minimum atomic E-state index is -0.992. The summed E-state index contributed by atoms with van der Waals surface area (Å²) in [5.74, 6) is 0.132. The number of hydrogen-bond donors (Lipinski definition) is 1. The van der Waals surface area contributed by atoms with Gasteiger partial charge in [0.25, 0.3) is 0 Å². The van der Waals surface area contributed by atoms with Gasteiger partial charge < -0.3 is 14.3 Å². The fraction of sp³-hybridized carbons (Fsp3) is 0.0769. The number of hydrogen-bond acceptors (Lipinski definition) is 5. The lowest BCUT2D eigenvalue weighted by Gasteiger charge is -1.96. The molecule has 6 heteroatoms. The number of aromatic carboxylic acids is 1. The van der Waals surface area contributed by atoms with Crippen molar-refractivity contribution in [3.05, 3.63) is 35.2 Å². The summed E-state index contributed by atoms with van der Waals surface area (Å²) in [5.41, 5.74) is 1.24. The summed E-state index contributed by atoms with van der Waals surface area (Å²) in [6, 6.07) is 6.43. The largest absolute Gasteiger partial charge is 0.495 e. The average molecular weight is 275 g/mol. The van der Waals surface area contributed by atoms with Crippen LogP contribution in [-0.4, -0.2) is 23.2 Å². The van der Waals surface area contributed by atoms with Crippen LogP contribution in [0.2, 0.25) is 0 Å². The van der Waals surface area contributed by atoms with Gasteiger partial charge in [-0.2, -0.15) is 0 Å². The molecule has 0 unspecified atom stereocenters. The minimum Gasteiger partial charge on any atom is -0.495 e. The molecule has 96 valence electrons. The van der Waals surface area contributed by atoms with Crippen molar-refractivity contribution in [2.24, 2.45) is 0 Å². The number of carbonyl (C=O) groups is 1. The van der Waals surface area contributed by atoms with E-state index in [9.17, 15) is 4.79 Å². The molecule has 2 heterocycles. The maximum Gasteiger partial charge on any atom is 0.335 e.